The highest BCUT2D eigenvalue weighted by Gasteiger charge is 2.10. The third kappa shape index (κ3) is 2.01. The van der Waals surface area contributed by atoms with Gasteiger partial charge in [0.05, 0.1) is 16.7 Å². The maximum atomic E-state index is 12.2. The standard InChI is InChI=1S/C16H15N3O/c17-11-5-7-12-6-4-10-14-15(12)18-16(20)19(14)13-8-2-1-3-9-13/h1-6,8-11H,7,17H2,(H,18,20). The largest absolute Gasteiger partial charge is 0.405 e. The van der Waals surface area contributed by atoms with E-state index in [1.54, 1.807) is 4.57 Å². The van der Waals surface area contributed by atoms with Gasteiger partial charge in [-0.25, -0.2) is 4.79 Å². The van der Waals surface area contributed by atoms with Crippen LogP contribution in [0.15, 0.2) is 65.6 Å². The lowest BCUT2D eigenvalue weighted by Gasteiger charge is -2.04. The minimum absolute atomic E-state index is 0.129. The number of rotatable bonds is 3. The van der Waals surface area contributed by atoms with Gasteiger partial charge in [-0.1, -0.05) is 36.4 Å². The molecule has 0 spiro atoms. The van der Waals surface area contributed by atoms with Gasteiger partial charge in [-0.3, -0.25) is 4.57 Å². The van der Waals surface area contributed by atoms with Gasteiger partial charge in [0.15, 0.2) is 0 Å². The van der Waals surface area contributed by atoms with Crippen LogP contribution in [0.2, 0.25) is 0 Å². The topological polar surface area (TPSA) is 63.8 Å². The normalized spacial score (nSPS) is 11.4. The number of H-pyrrole nitrogens is 1. The van der Waals surface area contributed by atoms with Crippen molar-refractivity contribution in [1.29, 1.82) is 0 Å². The molecule has 0 amide bonds. The zero-order chi connectivity index (χ0) is 13.9. The van der Waals surface area contributed by atoms with Crippen molar-refractivity contribution in [3.8, 4) is 5.69 Å². The van der Waals surface area contributed by atoms with Crippen LogP contribution in [-0.2, 0) is 6.42 Å². The number of nitrogens with one attached hydrogen (secondary N) is 1. The van der Waals surface area contributed by atoms with Gasteiger partial charge in [0.2, 0.25) is 0 Å². The zero-order valence-electron chi connectivity index (χ0n) is 10.9. The van der Waals surface area contributed by atoms with Gasteiger partial charge in [-0.15, -0.1) is 0 Å². The number of hydrogen-bond acceptors (Lipinski definition) is 2. The molecule has 3 rings (SSSR count). The fourth-order valence-electron chi connectivity index (χ4n) is 2.39. The van der Waals surface area contributed by atoms with Crippen molar-refractivity contribution in [3.63, 3.8) is 0 Å². The molecule has 0 aliphatic carbocycles. The predicted molar refractivity (Wildman–Crippen MR) is 80.9 cm³/mol. The SMILES string of the molecule is NC=CCc1cccc2c1[nH]c(=O)n2-c1ccccc1. The highest BCUT2D eigenvalue weighted by Crippen LogP contribution is 2.19. The van der Waals surface area contributed by atoms with Crippen LogP contribution in [0.1, 0.15) is 5.56 Å². The summed E-state index contributed by atoms with van der Waals surface area (Å²) in [6.45, 7) is 0. The molecule has 3 N–H and O–H groups in total. The van der Waals surface area contributed by atoms with E-state index in [4.69, 9.17) is 5.73 Å². The highest BCUT2D eigenvalue weighted by atomic mass is 16.1. The van der Waals surface area contributed by atoms with E-state index < -0.39 is 0 Å². The van der Waals surface area contributed by atoms with Crippen LogP contribution in [0.25, 0.3) is 16.7 Å². The molecule has 0 saturated carbocycles. The summed E-state index contributed by atoms with van der Waals surface area (Å²) in [7, 11) is 0. The van der Waals surface area contributed by atoms with Crippen molar-refractivity contribution in [2.75, 3.05) is 0 Å². The lowest BCUT2D eigenvalue weighted by atomic mass is 10.1. The number of fused-ring (bicyclic) bond motifs is 1. The molecule has 0 bridgehead atoms. The molecule has 0 fully saturated rings. The molecule has 3 aromatic rings. The summed E-state index contributed by atoms with van der Waals surface area (Å²) < 4.78 is 1.69. The molecule has 4 heteroatoms. The van der Waals surface area contributed by atoms with E-state index in [-0.39, 0.29) is 5.69 Å². The Labute approximate surface area is 116 Å². The van der Waals surface area contributed by atoms with Gasteiger partial charge in [0.1, 0.15) is 0 Å². The van der Waals surface area contributed by atoms with E-state index in [1.807, 2.05) is 54.6 Å². The molecule has 4 nitrogen and oxygen atoms in total. The van der Waals surface area contributed by atoms with Crippen LogP contribution >= 0.6 is 0 Å². The molecule has 0 radical (unpaired) electrons. The first-order valence-electron chi connectivity index (χ1n) is 6.46. The van der Waals surface area contributed by atoms with Gasteiger partial charge in [0, 0.05) is 0 Å². The number of para-hydroxylation sites is 2. The molecular weight excluding hydrogens is 250 g/mol. The molecular formula is C16H15N3O. The smallest absolute Gasteiger partial charge is 0.331 e. The van der Waals surface area contributed by atoms with E-state index in [0.717, 1.165) is 22.3 Å². The lowest BCUT2D eigenvalue weighted by molar-refractivity contribution is 1.02. The van der Waals surface area contributed by atoms with Gasteiger partial charge in [0.25, 0.3) is 0 Å². The van der Waals surface area contributed by atoms with E-state index in [9.17, 15) is 4.79 Å². The average molecular weight is 265 g/mol. The Balaban J connectivity index is 2.25. The Morgan fingerprint density at radius 3 is 2.65 bits per heavy atom. The number of nitrogens with zero attached hydrogens (tertiary/aromatic N) is 1. The van der Waals surface area contributed by atoms with Crippen molar-refractivity contribution in [2.24, 2.45) is 5.73 Å². The first-order valence-corrected chi connectivity index (χ1v) is 6.46. The quantitative estimate of drug-likeness (QED) is 0.763. The number of aromatic amines is 1. The zero-order valence-corrected chi connectivity index (χ0v) is 10.9. The summed E-state index contributed by atoms with van der Waals surface area (Å²) >= 11 is 0. The number of aromatic nitrogens is 2. The van der Waals surface area contributed by atoms with E-state index >= 15 is 0 Å². The summed E-state index contributed by atoms with van der Waals surface area (Å²) in [5.41, 5.74) is 8.91. The second kappa shape index (κ2) is 5.09. The van der Waals surface area contributed by atoms with Crippen molar-refractivity contribution < 1.29 is 0 Å². The molecule has 1 heterocycles. The van der Waals surface area contributed by atoms with Gasteiger partial charge < -0.3 is 10.7 Å². The van der Waals surface area contributed by atoms with E-state index in [1.165, 1.54) is 6.20 Å². The maximum Gasteiger partial charge on any atom is 0.331 e. The Hall–Kier alpha value is -2.75. The number of allylic oxidation sites excluding steroid dienone is 1. The molecule has 1 aromatic heterocycles. The average Bonchev–Trinajstić information content (AvgIpc) is 2.82. The molecule has 0 unspecified atom stereocenters. The monoisotopic (exact) mass is 265 g/mol. The number of benzene rings is 2. The summed E-state index contributed by atoms with van der Waals surface area (Å²) in [4.78, 5) is 15.2. The fourth-order valence-corrected chi connectivity index (χ4v) is 2.39. The Morgan fingerprint density at radius 2 is 1.90 bits per heavy atom. The molecule has 20 heavy (non-hydrogen) atoms. The highest BCUT2D eigenvalue weighted by molar-refractivity contribution is 5.80. The first kappa shape index (κ1) is 12.3. The molecule has 0 saturated heterocycles. The second-order valence-corrected chi connectivity index (χ2v) is 4.54. The molecule has 100 valence electrons. The third-order valence-corrected chi connectivity index (χ3v) is 3.29. The number of hydrogen-bond donors (Lipinski definition) is 2. The third-order valence-electron chi connectivity index (χ3n) is 3.29. The van der Waals surface area contributed by atoms with Crippen molar-refractivity contribution >= 4 is 11.0 Å². The summed E-state index contributed by atoms with van der Waals surface area (Å²) in [6.07, 6.45) is 4.08. The minimum atomic E-state index is -0.129. The van der Waals surface area contributed by atoms with Crippen LogP contribution in [0.4, 0.5) is 0 Å². The van der Waals surface area contributed by atoms with Crippen LogP contribution in [-0.4, -0.2) is 9.55 Å². The van der Waals surface area contributed by atoms with Crippen LogP contribution in [0.3, 0.4) is 0 Å². The minimum Gasteiger partial charge on any atom is -0.405 e. The number of imidazole rings is 1. The molecule has 0 atom stereocenters. The Kier molecular flexibility index (Phi) is 3.13. The number of nitrogens with two attached hydrogens (primary N) is 1. The van der Waals surface area contributed by atoms with Crippen LogP contribution in [0, 0.1) is 0 Å². The van der Waals surface area contributed by atoms with Crippen molar-refractivity contribution in [2.45, 2.75) is 6.42 Å². The van der Waals surface area contributed by atoms with Gasteiger partial charge in [-0.2, -0.15) is 0 Å². The predicted octanol–water partition coefficient (Wildman–Crippen LogP) is 2.33. The second-order valence-electron chi connectivity index (χ2n) is 4.54. The molecule has 2 aromatic carbocycles. The Bertz CT molecular complexity index is 813. The van der Waals surface area contributed by atoms with Crippen molar-refractivity contribution in [3.05, 3.63) is 76.9 Å². The fraction of sp³-hybridized carbons (Fsp3) is 0.0625. The maximum absolute atomic E-state index is 12.2. The van der Waals surface area contributed by atoms with Crippen LogP contribution < -0.4 is 11.4 Å². The first-order chi connectivity index (χ1) is 9.81. The summed E-state index contributed by atoms with van der Waals surface area (Å²) in [5.74, 6) is 0. The Morgan fingerprint density at radius 1 is 1.10 bits per heavy atom. The lowest BCUT2D eigenvalue weighted by Crippen LogP contribution is -2.14. The van der Waals surface area contributed by atoms with Gasteiger partial charge >= 0.3 is 5.69 Å². The summed E-state index contributed by atoms with van der Waals surface area (Å²) in [5, 5.41) is 0. The van der Waals surface area contributed by atoms with Crippen LogP contribution in [0.5, 0.6) is 0 Å². The van der Waals surface area contributed by atoms with Gasteiger partial charge in [-0.05, 0) is 36.4 Å². The summed E-state index contributed by atoms with van der Waals surface area (Å²) in [6, 6.07) is 15.5. The molecule has 0 aliphatic rings. The van der Waals surface area contributed by atoms with Crippen molar-refractivity contribution in [1.82, 2.24) is 9.55 Å². The van der Waals surface area contributed by atoms with E-state index in [0.29, 0.717) is 6.42 Å². The van der Waals surface area contributed by atoms with E-state index in [2.05, 4.69) is 4.98 Å². The molecule has 0 aliphatic heterocycles.